The minimum atomic E-state index is -3.69. The summed E-state index contributed by atoms with van der Waals surface area (Å²) < 4.78 is 38.9. The van der Waals surface area contributed by atoms with Crippen LogP contribution in [0.25, 0.3) is 0 Å². The summed E-state index contributed by atoms with van der Waals surface area (Å²) in [4.78, 5) is 41.9. The van der Waals surface area contributed by atoms with E-state index in [2.05, 4.69) is 10.3 Å². The number of halogens is 2. The zero-order valence-electron chi connectivity index (χ0n) is 15.4. The summed E-state index contributed by atoms with van der Waals surface area (Å²) in [7, 11) is -2.46. The average molecular weight is 445 g/mol. The van der Waals surface area contributed by atoms with Crippen LogP contribution in [0.15, 0.2) is 23.2 Å². The monoisotopic (exact) mass is 444 g/mol. The Balaban J connectivity index is 1.83. The Labute approximate surface area is 171 Å². The van der Waals surface area contributed by atoms with E-state index < -0.39 is 39.5 Å². The zero-order chi connectivity index (χ0) is 21.3. The predicted molar refractivity (Wildman–Crippen MR) is 102 cm³/mol. The van der Waals surface area contributed by atoms with E-state index >= 15 is 0 Å². The number of benzene rings is 1. The molecule has 1 unspecified atom stereocenters. The smallest absolute Gasteiger partial charge is 0.299 e. The van der Waals surface area contributed by atoms with Crippen molar-refractivity contribution in [3.05, 3.63) is 34.6 Å². The molecular formula is C17H18ClFN4O5S. The van der Waals surface area contributed by atoms with Crippen LogP contribution in [0, 0.1) is 5.82 Å². The van der Waals surface area contributed by atoms with E-state index in [0.29, 0.717) is 18.4 Å². The number of sulfonamides is 1. The van der Waals surface area contributed by atoms with Gasteiger partial charge < -0.3 is 5.32 Å². The Morgan fingerprint density at radius 2 is 2.07 bits per heavy atom. The zero-order valence-corrected chi connectivity index (χ0v) is 17.0. The van der Waals surface area contributed by atoms with Crippen molar-refractivity contribution in [2.75, 3.05) is 19.3 Å². The van der Waals surface area contributed by atoms with Gasteiger partial charge in [-0.05, 0) is 30.5 Å². The lowest BCUT2D eigenvalue weighted by Gasteiger charge is -2.35. The van der Waals surface area contributed by atoms with E-state index in [0.717, 1.165) is 15.3 Å². The maximum Gasteiger partial charge on any atom is 0.299 e. The van der Waals surface area contributed by atoms with Gasteiger partial charge in [0.2, 0.25) is 16.0 Å². The van der Waals surface area contributed by atoms with E-state index in [9.17, 15) is 27.2 Å². The number of carbonyl (C=O) groups excluding carboxylic acids is 3. The molecule has 0 bridgehead atoms. The molecule has 1 saturated heterocycles. The van der Waals surface area contributed by atoms with Gasteiger partial charge in [0.25, 0.3) is 17.6 Å². The number of hydrogen-bond donors (Lipinski definition) is 1. The summed E-state index contributed by atoms with van der Waals surface area (Å²) in [5.74, 6) is -3.94. The molecule has 2 aliphatic heterocycles. The standard InChI is InChI=1S/C17H18ClFN4O5S/c1-22-16(26)14(24)13(21-17(22)23-6-2-3-7-29(23,27)28)15(25)20-9-10-4-5-12(19)11(18)8-10/h4-5,8,13H,2-3,6-7,9H2,1H3,(H,20,25). The van der Waals surface area contributed by atoms with Gasteiger partial charge in [0.1, 0.15) is 5.82 Å². The van der Waals surface area contributed by atoms with Crippen molar-refractivity contribution >= 4 is 45.2 Å². The Kier molecular flexibility index (Phi) is 5.90. The first-order valence-electron chi connectivity index (χ1n) is 8.73. The third-order valence-electron chi connectivity index (χ3n) is 4.58. The summed E-state index contributed by atoms with van der Waals surface area (Å²) in [6.45, 7) is 0.0227. The van der Waals surface area contributed by atoms with Crippen molar-refractivity contribution in [1.29, 1.82) is 0 Å². The summed E-state index contributed by atoms with van der Waals surface area (Å²) in [5, 5.41) is 2.31. The van der Waals surface area contributed by atoms with Gasteiger partial charge in [0.05, 0.1) is 10.8 Å². The lowest BCUT2D eigenvalue weighted by atomic mass is 10.1. The molecule has 1 aromatic carbocycles. The summed E-state index contributed by atoms with van der Waals surface area (Å²) in [5.41, 5.74) is 0.472. The maximum atomic E-state index is 13.2. The number of nitrogens with zero attached hydrogens (tertiary/aromatic N) is 3. The molecule has 2 amide bonds. The van der Waals surface area contributed by atoms with E-state index in [1.165, 1.54) is 19.2 Å². The molecular weight excluding hydrogens is 427 g/mol. The van der Waals surface area contributed by atoms with Crippen LogP contribution in [0.1, 0.15) is 18.4 Å². The lowest BCUT2D eigenvalue weighted by molar-refractivity contribution is -0.145. The molecule has 2 aliphatic rings. The second kappa shape index (κ2) is 8.07. The number of hydrogen-bond acceptors (Lipinski definition) is 6. The predicted octanol–water partition coefficient (Wildman–Crippen LogP) is 0.287. The quantitative estimate of drug-likeness (QED) is 0.531. The van der Waals surface area contributed by atoms with Gasteiger partial charge >= 0.3 is 0 Å². The van der Waals surface area contributed by atoms with Gasteiger partial charge in [0.15, 0.2) is 6.04 Å². The van der Waals surface area contributed by atoms with Gasteiger partial charge in [-0.15, -0.1) is 0 Å². The second-order valence-corrected chi connectivity index (χ2v) is 9.04. The molecule has 1 aromatic rings. The van der Waals surface area contributed by atoms with Crippen molar-refractivity contribution in [2.24, 2.45) is 4.99 Å². The van der Waals surface area contributed by atoms with Crippen LogP contribution in [0.4, 0.5) is 4.39 Å². The third kappa shape index (κ3) is 4.25. The first kappa shape index (κ1) is 21.2. The number of carbonyl (C=O) groups is 3. The molecule has 2 heterocycles. The van der Waals surface area contributed by atoms with Crippen molar-refractivity contribution in [3.63, 3.8) is 0 Å². The number of amides is 2. The van der Waals surface area contributed by atoms with Crippen molar-refractivity contribution in [3.8, 4) is 0 Å². The van der Waals surface area contributed by atoms with Crippen molar-refractivity contribution < 1.29 is 27.2 Å². The Morgan fingerprint density at radius 3 is 2.72 bits per heavy atom. The molecule has 1 fully saturated rings. The molecule has 0 spiro atoms. The van der Waals surface area contributed by atoms with Crippen molar-refractivity contribution in [1.82, 2.24) is 14.5 Å². The van der Waals surface area contributed by atoms with E-state index in [1.807, 2.05) is 0 Å². The van der Waals surface area contributed by atoms with Gasteiger partial charge in [0, 0.05) is 20.1 Å². The van der Waals surface area contributed by atoms with E-state index in [1.54, 1.807) is 0 Å². The van der Waals surface area contributed by atoms with Crippen LogP contribution < -0.4 is 5.32 Å². The highest BCUT2D eigenvalue weighted by Gasteiger charge is 2.43. The van der Waals surface area contributed by atoms with Crippen LogP contribution in [0.3, 0.4) is 0 Å². The molecule has 1 atom stereocenters. The number of rotatable bonds is 3. The van der Waals surface area contributed by atoms with Gasteiger partial charge in [-0.2, -0.15) is 0 Å². The van der Waals surface area contributed by atoms with Gasteiger partial charge in [-0.3, -0.25) is 19.3 Å². The molecule has 3 rings (SSSR count). The molecule has 0 aliphatic carbocycles. The number of guanidine groups is 1. The highest BCUT2D eigenvalue weighted by Crippen LogP contribution is 2.20. The molecule has 29 heavy (non-hydrogen) atoms. The molecule has 12 heteroatoms. The fraction of sp³-hybridized carbons (Fsp3) is 0.412. The van der Waals surface area contributed by atoms with Crippen LogP contribution in [0.2, 0.25) is 5.02 Å². The molecule has 0 aromatic heterocycles. The molecule has 0 radical (unpaired) electrons. The van der Waals surface area contributed by atoms with E-state index in [-0.39, 0.29) is 29.8 Å². The summed E-state index contributed by atoms with van der Waals surface area (Å²) >= 11 is 5.69. The number of nitrogens with one attached hydrogen (secondary N) is 1. The molecule has 9 nitrogen and oxygen atoms in total. The van der Waals surface area contributed by atoms with E-state index in [4.69, 9.17) is 11.6 Å². The van der Waals surface area contributed by atoms with Crippen LogP contribution in [-0.2, 0) is 31.0 Å². The van der Waals surface area contributed by atoms with Crippen LogP contribution in [0.5, 0.6) is 0 Å². The highest BCUT2D eigenvalue weighted by molar-refractivity contribution is 7.89. The Morgan fingerprint density at radius 1 is 1.34 bits per heavy atom. The Hall–Kier alpha value is -2.53. The van der Waals surface area contributed by atoms with Gasteiger partial charge in [-0.25, -0.2) is 22.1 Å². The molecule has 1 N–H and O–H groups in total. The molecule has 156 valence electrons. The fourth-order valence-electron chi connectivity index (χ4n) is 2.99. The SMILES string of the molecule is CN1C(=O)C(=O)C(C(=O)NCc2ccc(F)c(Cl)c2)N=C1N1CCCCS1(=O)=O. The second-order valence-electron chi connectivity index (χ2n) is 6.62. The largest absolute Gasteiger partial charge is 0.350 e. The van der Waals surface area contributed by atoms with Crippen LogP contribution >= 0.6 is 11.6 Å². The minimum Gasteiger partial charge on any atom is -0.350 e. The number of aliphatic imine (C=N–C) groups is 1. The highest BCUT2D eigenvalue weighted by atomic mass is 35.5. The summed E-state index contributed by atoms with van der Waals surface area (Å²) in [6, 6.07) is 2.14. The number of likely N-dealkylation sites (N-methyl/N-ethyl adjacent to an activating group) is 1. The number of Topliss-reactive ketones (excluding diaryl/α,β-unsaturated/α-hetero) is 1. The maximum absolute atomic E-state index is 13.2. The Bertz CT molecular complexity index is 1010. The minimum absolute atomic E-state index is 0.0838. The molecule has 0 saturated carbocycles. The number of ketones is 1. The first-order valence-corrected chi connectivity index (χ1v) is 10.7. The third-order valence-corrected chi connectivity index (χ3v) is 6.69. The fourth-order valence-corrected chi connectivity index (χ4v) is 4.81. The van der Waals surface area contributed by atoms with Crippen molar-refractivity contribution in [2.45, 2.75) is 25.4 Å². The van der Waals surface area contributed by atoms with Gasteiger partial charge in [-0.1, -0.05) is 17.7 Å². The average Bonchev–Trinajstić information content (AvgIpc) is 2.67. The summed E-state index contributed by atoms with van der Waals surface area (Å²) in [6.07, 6.45) is 1.04. The topological polar surface area (TPSA) is 116 Å². The first-order chi connectivity index (χ1) is 13.6. The normalized spacial score (nSPS) is 21.8. The van der Waals surface area contributed by atoms with Crippen LogP contribution in [-0.4, -0.2) is 66.6 Å². The lowest BCUT2D eigenvalue weighted by Crippen LogP contribution is -2.58.